The van der Waals surface area contributed by atoms with Gasteiger partial charge in [0.25, 0.3) is 11.8 Å². The van der Waals surface area contributed by atoms with Crippen molar-refractivity contribution >= 4 is 11.8 Å². The van der Waals surface area contributed by atoms with Crippen LogP contribution in [-0.2, 0) is 13.1 Å². The first-order chi connectivity index (χ1) is 13.8. The molecule has 1 aliphatic carbocycles. The average molecular weight is 401 g/mol. The van der Waals surface area contributed by atoms with Gasteiger partial charge < -0.3 is 19.9 Å². The number of aromatic nitrogens is 1. The van der Waals surface area contributed by atoms with Crippen LogP contribution in [0.4, 0.5) is 8.78 Å². The van der Waals surface area contributed by atoms with Gasteiger partial charge in [0, 0.05) is 25.8 Å². The number of benzene rings is 1. The minimum absolute atomic E-state index is 0.0139. The molecular weight excluding hydrogens is 384 g/mol. The fourth-order valence-electron chi connectivity index (χ4n) is 4.48. The summed E-state index contributed by atoms with van der Waals surface area (Å²) in [4.78, 5) is 39.4. The van der Waals surface area contributed by atoms with Gasteiger partial charge in [0.1, 0.15) is 5.56 Å². The van der Waals surface area contributed by atoms with Crippen LogP contribution in [0.5, 0.6) is 5.75 Å². The van der Waals surface area contributed by atoms with Crippen LogP contribution in [-0.4, -0.2) is 39.0 Å². The molecule has 2 aromatic rings. The Hall–Kier alpha value is -3.23. The molecule has 3 atom stereocenters. The first kappa shape index (κ1) is 17.8. The van der Waals surface area contributed by atoms with Crippen LogP contribution in [0.15, 0.2) is 29.2 Å². The number of hydrogen-bond acceptors (Lipinski definition) is 4. The van der Waals surface area contributed by atoms with Crippen LogP contribution in [0.3, 0.4) is 0 Å². The van der Waals surface area contributed by atoms with Crippen molar-refractivity contribution in [3.63, 3.8) is 0 Å². The third-order valence-electron chi connectivity index (χ3n) is 6.09. The number of halogens is 2. The van der Waals surface area contributed by atoms with Crippen molar-refractivity contribution in [2.24, 2.45) is 11.8 Å². The molecule has 0 radical (unpaired) electrons. The second kappa shape index (κ2) is 6.13. The Morgan fingerprint density at radius 2 is 2.00 bits per heavy atom. The summed E-state index contributed by atoms with van der Waals surface area (Å²) in [6, 6.07) is 3.22. The molecule has 1 unspecified atom stereocenters. The number of nitrogens with one attached hydrogen (secondary N) is 1. The molecule has 2 amide bonds. The summed E-state index contributed by atoms with van der Waals surface area (Å²) in [6.45, 7) is 0.925. The highest BCUT2D eigenvalue weighted by atomic mass is 19.2. The standard InChI is InChI=1S/C20H17F2N3O4/c21-13-2-1-9(3-14(13)22)5-23-19(28)12-7-24-8-15-11-4-10(11)6-25(15)20(29)16(24)18(27)17(12)26/h1-3,7,10-11,15,27H,4-6,8H2,(H,23,28)/t10-,11?,15+/m1/s1. The number of rotatable bonds is 3. The van der Waals surface area contributed by atoms with E-state index in [1.807, 2.05) is 0 Å². The molecular formula is C20H17F2N3O4. The molecule has 29 heavy (non-hydrogen) atoms. The largest absolute Gasteiger partial charge is 0.503 e. The lowest BCUT2D eigenvalue weighted by atomic mass is 10.1. The van der Waals surface area contributed by atoms with Gasteiger partial charge in [-0.15, -0.1) is 0 Å². The Morgan fingerprint density at radius 3 is 2.76 bits per heavy atom. The van der Waals surface area contributed by atoms with Crippen molar-refractivity contribution in [3.8, 4) is 5.75 Å². The molecule has 5 rings (SSSR count). The van der Waals surface area contributed by atoms with E-state index in [1.54, 1.807) is 4.90 Å². The molecule has 0 bridgehead atoms. The highest BCUT2D eigenvalue weighted by Crippen LogP contribution is 2.51. The zero-order valence-corrected chi connectivity index (χ0v) is 15.2. The molecule has 7 nitrogen and oxygen atoms in total. The number of amides is 2. The molecule has 2 aliphatic heterocycles. The van der Waals surface area contributed by atoms with Gasteiger partial charge in [-0.25, -0.2) is 8.78 Å². The highest BCUT2D eigenvalue weighted by molar-refractivity contribution is 5.99. The number of carbonyl (C=O) groups is 2. The summed E-state index contributed by atoms with van der Waals surface area (Å²) in [5.74, 6) is -3.03. The van der Waals surface area contributed by atoms with Gasteiger partial charge in [0.05, 0.1) is 6.04 Å². The smallest absolute Gasteiger partial charge is 0.274 e. The summed E-state index contributed by atoms with van der Waals surface area (Å²) in [7, 11) is 0. The van der Waals surface area contributed by atoms with Gasteiger partial charge in [-0.1, -0.05) is 6.07 Å². The third kappa shape index (κ3) is 2.72. The van der Waals surface area contributed by atoms with E-state index in [9.17, 15) is 28.3 Å². The van der Waals surface area contributed by atoms with Crippen LogP contribution < -0.4 is 10.7 Å². The maximum Gasteiger partial charge on any atom is 0.274 e. The van der Waals surface area contributed by atoms with Crippen molar-refractivity contribution in [3.05, 3.63) is 63.1 Å². The summed E-state index contributed by atoms with van der Waals surface area (Å²) in [5.41, 5.74) is -1.02. The van der Waals surface area contributed by atoms with Crippen LogP contribution in [0, 0.1) is 23.5 Å². The number of piperidine rings is 1. The van der Waals surface area contributed by atoms with E-state index in [0.717, 1.165) is 18.6 Å². The van der Waals surface area contributed by atoms with Crippen molar-refractivity contribution in [2.75, 3.05) is 6.54 Å². The van der Waals surface area contributed by atoms with Crippen molar-refractivity contribution in [1.82, 2.24) is 14.8 Å². The van der Waals surface area contributed by atoms with Gasteiger partial charge >= 0.3 is 0 Å². The number of aromatic hydroxyl groups is 1. The van der Waals surface area contributed by atoms with Gasteiger partial charge in [0.2, 0.25) is 5.43 Å². The fourth-order valence-corrected chi connectivity index (χ4v) is 4.48. The number of fused-ring (bicyclic) bond motifs is 4. The molecule has 2 N–H and O–H groups in total. The first-order valence-corrected chi connectivity index (χ1v) is 9.34. The van der Waals surface area contributed by atoms with Crippen LogP contribution in [0.1, 0.15) is 32.8 Å². The molecule has 1 aromatic carbocycles. The molecule has 0 spiro atoms. The zero-order chi connectivity index (χ0) is 20.4. The molecule has 9 heteroatoms. The topological polar surface area (TPSA) is 91.6 Å². The normalized spacial score (nSPS) is 24.0. The highest BCUT2D eigenvalue weighted by Gasteiger charge is 2.56. The monoisotopic (exact) mass is 401 g/mol. The zero-order valence-electron chi connectivity index (χ0n) is 15.2. The summed E-state index contributed by atoms with van der Waals surface area (Å²) in [5, 5.41) is 12.8. The molecule has 1 saturated heterocycles. The van der Waals surface area contributed by atoms with E-state index < -0.39 is 34.6 Å². The van der Waals surface area contributed by atoms with Gasteiger partial charge in [-0.3, -0.25) is 14.4 Å². The summed E-state index contributed by atoms with van der Waals surface area (Å²) >= 11 is 0. The average Bonchev–Trinajstić information content (AvgIpc) is 3.38. The van der Waals surface area contributed by atoms with Crippen LogP contribution >= 0.6 is 0 Å². The first-order valence-electron chi connectivity index (χ1n) is 9.34. The number of nitrogens with zero attached hydrogens (tertiary/aromatic N) is 2. The minimum atomic E-state index is -1.04. The fraction of sp³-hybridized carbons (Fsp3) is 0.350. The van der Waals surface area contributed by atoms with Gasteiger partial charge in [0.15, 0.2) is 23.1 Å². The predicted molar refractivity (Wildman–Crippen MR) is 96.3 cm³/mol. The second-order valence-corrected chi connectivity index (χ2v) is 7.84. The molecule has 150 valence electrons. The summed E-state index contributed by atoms with van der Waals surface area (Å²) < 4.78 is 27.8. The lowest BCUT2D eigenvalue weighted by Crippen LogP contribution is -2.48. The number of carbonyl (C=O) groups excluding carboxylic acids is 2. The number of hydrogen-bond donors (Lipinski definition) is 2. The quantitative estimate of drug-likeness (QED) is 0.810. The molecule has 3 heterocycles. The van der Waals surface area contributed by atoms with E-state index in [0.29, 0.717) is 30.5 Å². The Labute approximate surface area is 163 Å². The SMILES string of the molecule is O=C(NCc1ccc(F)c(F)c1)c1cn2c(c(O)c1=O)C(=O)N1C[C@H]3CC3[C@@H]1C2. The third-order valence-corrected chi connectivity index (χ3v) is 6.09. The van der Waals surface area contributed by atoms with Crippen molar-refractivity contribution in [2.45, 2.75) is 25.6 Å². The van der Waals surface area contributed by atoms with E-state index in [2.05, 4.69) is 5.32 Å². The Kier molecular flexibility index (Phi) is 3.77. The lowest BCUT2D eigenvalue weighted by Gasteiger charge is -2.34. The summed E-state index contributed by atoms with van der Waals surface area (Å²) in [6.07, 6.45) is 2.36. The maximum absolute atomic E-state index is 13.3. The van der Waals surface area contributed by atoms with Crippen LogP contribution in [0.25, 0.3) is 0 Å². The van der Waals surface area contributed by atoms with E-state index >= 15 is 0 Å². The molecule has 1 saturated carbocycles. The van der Waals surface area contributed by atoms with Crippen molar-refractivity contribution in [1.29, 1.82) is 0 Å². The Balaban J connectivity index is 1.42. The minimum Gasteiger partial charge on any atom is -0.503 e. The second-order valence-electron chi connectivity index (χ2n) is 7.84. The van der Waals surface area contributed by atoms with Crippen LogP contribution in [0.2, 0.25) is 0 Å². The number of pyridine rings is 1. The molecule has 2 fully saturated rings. The maximum atomic E-state index is 13.3. The van der Waals surface area contributed by atoms with E-state index in [-0.39, 0.29) is 23.8 Å². The Bertz CT molecular complexity index is 1130. The molecule has 3 aliphatic rings. The van der Waals surface area contributed by atoms with E-state index in [4.69, 9.17) is 0 Å². The van der Waals surface area contributed by atoms with Gasteiger partial charge in [-0.2, -0.15) is 0 Å². The van der Waals surface area contributed by atoms with Gasteiger partial charge in [-0.05, 0) is 36.0 Å². The Morgan fingerprint density at radius 1 is 1.21 bits per heavy atom. The lowest BCUT2D eigenvalue weighted by molar-refractivity contribution is 0.0620. The van der Waals surface area contributed by atoms with E-state index in [1.165, 1.54) is 16.8 Å². The predicted octanol–water partition coefficient (Wildman–Crippen LogP) is 1.24. The molecule has 1 aromatic heterocycles. The van der Waals surface area contributed by atoms with Crippen molar-refractivity contribution < 1.29 is 23.5 Å².